The molecule has 14 heavy (non-hydrogen) atoms. The van der Waals surface area contributed by atoms with Crippen molar-refractivity contribution in [2.75, 3.05) is 13.2 Å². The fourth-order valence-corrected chi connectivity index (χ4v) is 1.35. The van der Waals surface area contributed by atoms with Crippen LogP contribution < -0.4 is 5.32 Å². The summed E-state index contributed by atoms with van der Waals surface area (Å²) in [6.45, 7) is 1.05. The van der Waals surface area contributed by atoms with Gasteiger partial charge in [0.05, 0.1) is 0 Å². The monoisotopic (exact) mass is 201 g/mol. The number of ether oxygens (including phenoxy) is 1. The van der Waals surface area contributed by atoms with Crippen LogP contribution in [0.25, 0.3) is 0 Å². The fourth-order valence-electron chi connectivity index (χ4n) is 1.35. The first-order valence-corrected chi connectivity index (χ1v) is 4.81. The molecule has 1 amide bonds. The summed E-state index contributed by atoms with van der Waals surface area (Å²) in [5.41, 5.74) is 0. The third-order valence-electron chi connectivity index (χ3n) is 2.09. The molecule has 1 aliphatic heterocycles. The Morgan fingerprint density at radius 2 is 2.29 bits per heavy atom. The van der Waals surface area contributed by atoms with Gasteiger partial charge >= 0.3 is 5.97 Å². The predicted octanol–water partition coefficient (Wildman–Crippen LogP) is 0.146. The third kappa shape index (κ3) is 3.74. The van der Waals surface area contributed by atoms with Gasteiger partial charge in [-0.2, -0.15) is 0 Å². The van der Waals surface area contributed by atoms with Crippen molar-refractivity contribution in [1.29, 1.82) is 0 Å². The van der Waals surface area contributed by atoms with Crippen molar-refractivity contribution in [2.45, 2.75) is 31.8 Å². The molecule has 0 aromatic heterocycles. The zero-order chi connectivity index (χ0) is 10.4. The molecule has 5 heteroatoms. The van der Waals surface area contributed by atoms with Crippen LogP contribution in [0.15, 0.2) is 0 Å². The molecule has 1 saturated heterocycles. The van der Waals surface area contributed by atoms with Gasteiger partial charge in [-0.05, 0) is 19.3 Å². The number of carboxylic acid groups (broad SMARTS) is 1. The van der Waals surface area contributed by atoms with E-state index in [-0.39, 0.29) is 18.4 Å². The lowest BCUT2D eigenvalue weighted by molar-refractivity contribution is -0.137. The van der Waals surface area contributed by atoms with Crippen molar-refractivity contribution in [3.63, 3.8) is 0 Å². The van der Waals surface area contributed by atoms with Gasteiger partial charge in [0.15, 0.2) is 0 Å². The molecule has 1 fully saturated rings. The Balaban J connectivity index is 2.05. The average molecular weight is 201 g/mol. The lowest BCUT2D eigenvalue weighted by atomic mass is 10.2. The zero-order valence-corrected chi connectivity index (χ0v) is 7.99. The van der Waals surface area contributed by atoms with E-state index in [1.807, 2.05) is 0 Å². The van der Waals surface area contributed by atoms with Crippen molar-refractivity contribution >= 4 is 11.9 Å². The van der Waals surface area contributed by atoms with Crippen LogP contribution in [0.2, 0.25) is 0 Å². The fraction of sp³-hybridized carbons (Fsp3) is 0.778. The zero-order valence-electron chi connectivity index (χ0n) is 7.99. The van der Waals surface area contributed by atoms with E-state index < -0.39 is 5.97 Å². The molecule has 1 unspecified atom stereocenters. The van der Waals surface area contributed by atoms with Crippen molar-refractivity contribution in [2.24, 2.45) is 0 Å². The minimum atomic E-state index is -0.837. The topological polar surface area (TPSA) is 75.6 Å². The van der Waals surface area contributed by atoms with Crippen LogP contribution in [0.4, 0.5) is 0 Å². The van der Waals surface area contributed by atoms with Crippen molar-refractivity contribution < 1.29 is 19.4 Å². The number of hydrogen-bond donors (Lipinski definition) is 2. The molecule has 1 heterocycles. The first-order valence-electron chi connectivity index (χ1n) is 4.81. The summed E-state index contributed by atoms with van der Waals surface area (Å²) in [4.78, 5) is 21.5. The summed E-state index contributed by atoms with van der Waals surface area (Å²) >= 11 is 0. The van der Waals surface area contributed by atoms with E-state index in [0.717, 1.165) is 12.8 Å². The maximum Gasteiger partial charge on any atom is 0.303 e. The Bertz CT molecular complexity index is 211. The minimum absolute atomic E-state index is 0.0891. The lowest BCUT2D eigenvalue weighted by Gasteiger charge is -2.09. The standard InChI is InChI=1S/C9H15NO4/c11-8(12)4-1-5-10-9(13)7-3-2-6-14-7/h7H,1-6H2,(H,10,13)(H,11,12). The number of aliphatic carboxylic acids is 1. The molecule has 1 atom stereocenters. The molecule has 0 bridgehead atoms. The highest BCUT2D eigenvalue weighted by atomic mass is 16.5. The first kappa shape index (κ1) is 11.0. The summed E-state index contributed by atoms with van der Waals surface area (Å²) in [5.74, 6) is -0.954. The number of hydrogen-bond acceptors (Lipinski definition) is 3. The van der Waals surface area contributed by atoms with Crippen molar-refractivity contribution in [1.82, 2.24) is 5.32 Å². The van der Waals surface area contributed by atoms with E-state index in [9.17, 15) is 9.59 Å². The maximum absolute atomic E-state index is 11.3. The largest absolute Gasteiger partial charge is 0.481 e. The van der Waals surface area contributed by atoms with Crippen LogP contribution >= 0.6 is 0 Å². The summed E-state index contributed by atoms with van der Waals surface area (Å²) < 4.78 is 5.16. The molecule has 1 aliphatic rings. The minimum Gasteiger partial charge on any atom is -0.481 e. The van der Waals surface area contributed by atoms with Gasteiger partial charge in [0, 0.05) is 19.6 Å². The molecule has 1 rings (SSSR count). The second-order valence-corrected chi connectivity index (χ2v) is 3.29. The summed E-state index contributed by atoms with van der Waals surface area (Å²) in [5, 5.41) is 11.0. The van der Waals surface area contributed by atoms with Gasteiger partial charge in [-0.3, -0.25) is 9.59 Å². The summed E-state index contributed by atoms with van der Waals surface area (Å²) in [6.07, 6.45) is 1.93. The van der Waals surface area contributed by atoms with Gasteiger partial charge in [0.1, 0.15) is 6.10 Å². The SMILES string of the molecule is O=C(O)CCCNC(=O)C1CCCO1. The summed E-state index contributed by atoms with van der Waals surface area (Å²) in [7, 11) is 0. The van der Waals surface area contributed by atoms with Crippen LogP contribution in [-0.2, 0) is 14.3 Å². The van der Waals surface area contributed by atoms with Crippen LogP contribution in [0.5, 0.6) is 0 Å². The molecule has 0 spiro atoms. The number of carbonyl (C=O) groups excluding carboxylic acids is 1. The van der Waals surface area contributed by atoms with E-state index in [2.05, 4.69) is 5.32 Å². The normalized spacial score (nSPS) is 20.7. The maximum atomic E-state index is 11.3. The Morgan fingerprint density at radius 1 is 1.50 bits per heavy atom. The summed E-state index contributed by atoms with van der Waals surface area (Å²) in [6, 6.07) is 0. The Labute approximate surface area is 82.4 Å². The van der Waals surface area contributed by atoms with Crippen molar-refractivity contribution in [3.05, 3.63) is 0 Å². The molecule has 0 saturated carbocycles. The Kier molecular flexibility index (Phi) is 4.39. The molecule has 0 aromatic carbocycles. The van der Waals surface area contributed by atoms with E-state index in [0.29, 0.717) is 19.6 Å². The molecule has 0 radical (unpaired) electrons. The van der Waals surface area contributed by atoms with E-state index >= 15 is 0 Å². The van der Waals surface area contributed by atoms with Crippen LogP contribution in [0, 0.1) is 0 Å². The molecule has 2 N–H and O–H groups in total. The molecule has 80 valence electrons. The van der Waals surface area contributed by atoms with E-state index in [4.69, 9.17) is 9.84 Å². The van der Waals surface area contributed by atoms with E-state index in [1.54, 1.807) is 0 Å². The van der Waals surface area contributed by atoms with Gasteiger partial charge in [-0.15, -0.1) is 0 Å². The van der Waals surface area contributed by atoms with Gasteiger partial charge in [-0.1, -0.05) is 0 Å². The van der Waals surface area contributed by atoms with E-state index in [1.165, 1.54) is 0 Å². The molecular weight excluding hydrogens is 186 g/mol. The lowest BCUT2D eigenvalue weighted by Crippen LogP contribution is -2.34. The Morgan fingerprint density at radius 3 is 2.86 bits per heavy atom. The third-order valence-corrected chi connectivity index (χ3v) is 2.09. The van der Waals surface area contributed by atoms with Crippen LogP contribution in [0.1, 0.15) is 25.7 Å². The second-order valence-electron chi connectivity index (χ2n) is 3.29. The van der Waals surface area contributed by atoms with Gasteiger partial charge in [-0.25, -0.2) is 0 Å². The molecule has 5 nitrogen and oxygen atoms in total. The van der Waals surface area contributed by atoms with Gasteiger partial charge in [0.25, 0.3) is 0 Å². The number of rotatable bonds is 5. The highest BCUT2D eigenvalue weighted by molar-refractivity contribution is 5.80. The number of amides is 1. The van der Waals surface area contributed by atoms with Gasteiger partial charge < -0.3 is 15.2 Å². The van der Waals surface area contributed by atoms with Crippen LogP contribution in [-0.4, -0.2) is 36.2 Å². The first-order chi connectivity index (χ1) is 6.70. The second kappa shape index (κ2) is 5.59. The smallest absolute Gasteiger partial charge is 0.303 e. The number of nitrogens with one attached hydrogen (secondary N) is 1. The highest BCUT2D eigenvalue weighted by Crippen LogP contribution is 2.11. The van der Waals surface area contributed by atoms with Crippen LogP contribution in [0.3, 0.4) is 0 Å². The molecule has 0 aromatic rings. The number of carboxylic acids is 1. The average Bonchev–Trinajstić information content (AvgIpc) is 2.64. The quantitative estimate of drug-likeness (QED) is 0.621. The van der Waals surface area contributed by atoms with Crippen molar-refractivity contribution in [3.8, 4) is 0 Å². The highest BCUT2D eigenvalue weighted by Gasteiger charge is 2.22. The predicted molar refractivity (Wildman–Crippen MR) is 48.9 cm³/mol. The Hall–Kier alpha value is -1.10. The number of carbonyl (C=O) groups is 2. The molecular formula is C9H15NO4. The molecule has 0 aliphatic carbocycles. The van der Waals surface area contributed by atoms with Gasteiger partial charge in [0.2, 0.25) is 5.91 Å².